The highest BCUT2D eigenvalue weighted by molar-refractivity contribution is 7.22. The molecule has 1 aliphatic heterocycles. The van der Waals surface area contributed by atoms with E-state index in [-0.39, 0.29) is 16.5 Å². The van der Waals surface area contributed by atoms with E-state index in [1.165, 1.54) is 30.2 Å². The number of aliphatic hydroxyl groups excluding tert-OH is 1. The van der Waals surface area contributed by atoms with E-state index in [9.17, 15) is 19.1 Å². The van der Waals surface area contributed by atoms with E-state index in [0.29, 0.717) is 27.1 Å². The largest absolute Gasteiger partial charge is 0.507 e. The maximum Gasteiger partial charge on any atom is 0.301 e. The summed E-state index contributed by atoms with van der Waals surface area (Å²) in [7, 11) is 1.52. The van der Waals surface area contributed by atoms with Gasteiger partial charge < -0.3 is 9.84 Å². The van der Waals surface area contributed by atoms with Crippen LogP contribution in [0.15, 0.2) is 78.4 Å². The number of hydrogen-bond acceptors (Lipinski definition) is 6. The number of hydrogen-bond donors (Lipinski definition) is 1. The van der Waals surface area contributed by atoms with Crippen LogP contribution in [0, 0.1) is 5.82 Å². The molecular formula is C25H17FN2O4S. The Bertz CT molecular complexity index is 1430. The monoisotopic (exact) mass is 460 g/mol. The van der Waals surface area contributed by atoms with Gasteiger partial charge in [-0.05, 0) is 35.9 Å². The van der Waals surface area contributed by atoms with Gasteiger partial charge in [0.15, 0.2) is 5.13 Å². The molecule has 6 nitrogen and oxygen atoms in total. The van der Waals surface area contributed by atoms with Crippen LogP contribution >= 0.6 is 11.3 Å². The van der Waals surface area contributed by atoms with E-state index in [0.717, 1.165) is 11.3 Å². The highest BCUT2D eigenvalue weighted by atomic mass is 32.1. The number of nitrogens with zero attached hydrogens (tertiary/aromatic N) is 2. The van der Waals surface area contributed by atoms with E-state index < -0.39 is 23.5 Å². The van der Waals surface area contributed by atoms with Gasteiger partial charge in [-0.3, -0.25) is 14.5 Å². The maximum absolute atomic E-state index is 13.7. The lowest BCUT2D eigenvalue weighted by atomic mass is 9.95. The average molecular weight is 460 g/mol. The number of benzene rings is 3. The zero-order valence-corrected chi connectivity index (χ0v) is 18.2. The van der Waals surface area contributed by atoms with Crippen molar-refractivity contribution in [2.75, 3.05) is 12.0 Å². The molecule has 0 saturated carbocycles. The zero-order chi connectivity index (χ0) is 23.1. The van der Waals surface area contributed by atoms with E-state index >= 15 is 0 Å². The average Bonchev–Trinajstić information content (AvgIpc) is 3.37. The Kier molecular flexibility index (Phi) is 5.14. The second-order valence-electron chi connectivity index (χ2n) is 7.42. The number of ether oxygens (including phenoxy) is 1. The number of anilines is 1. The molecule has 2 heterocycles. The summed E-state index contributed by atoms with van der Waals surface area (Å²) in [6, 6.07) is 18.7. The van der Waals surface area contributed by atoms with Crippen LogP contribution in [-0.2, 0) is 9.59 Å². The van der Waals surface area contributed by atoms with Gasteiger partial charge >= 0.3 is 5.91 Å². The number of ketones is 1. The van der Waals surface area contributed by atoms with Crippen molar-refractivity contribution in [1.82, 2.24) is 4.98 Å². The van der Waals surface area contributed by atoms with Gasteiger partial charge in [0.25, 0.3) is 5.78 Å². The standard InChI is InChI=1S/C25H17FN2O4S/c1-32-17-9-5-8-15(12-17)21-20(22(29)14-6-3-2-4-7-14)23(30)24(31)28(21)25-27-18-11-10-16(26)13-19(18)33-25/h2-13,21,29H,1H3/b22-20+. The van der Waals surface area contributed by atoms with Crippen LogP contribution in [-0.4, -0.2) is 28.9 Å². The Balaban J connectivity index is 1.74. The number of aliphatic hydroxyl groups is 1. The number of fused-ring (bicyclic) bond motifs is 1. The SMILES string of the molecule is COc1cccc(C2/C(=C(\O)c3ccccc3)C(=O)C(=O)N2c2nc3ccc(F)cc3s2)c1. The quantitative estimate of drug-likeness (QED) is 0.261. The van der Waals surface area contributed by atoms with Crippen LogP contribution in [0.1, 0.15) is 17.2 Å². The van der Waals surface area contributed by atoms with Crippen molar-refractivity contribution in [2.24, 2.45) is 0 Å². The summed E-state index contributed by atoms with van der Waals surface area (Å²) in [5, 5.41) is 11.3. The highest BCUT2D eigenvalue weighted by Gasteiger charge is 2.48. The lowest BCUT2D eigenvalue weighted by molar-refractivity contribution is -0.132. The van der Waals surface area contributed by atoms with E-state index in [1.54, 1.807) is 54.6 Å². The molecule has 1 aliphatic rings. The summed E-state index contributed by atoms with van der Waals surface area (Å²) < 4.78 is 19.6. The number of rotatable bonds is 4. The molecule has 4 aromatic rings. The Morgan fingerprint density at radius 2 is 1.85 bits per heavy atom. The lowest BCUT2D eigenvalue weighted by Crippen LogP contribution is -2.29. The molecular weight excluding hydrogens is 443 g/mol. The van der Waals surface area contributed by atoms with Gasteiger partial charge in [0.05, 0.1) is 28.9 Å². The van der Waals surface area contributed by atoms with E-state index in [2.05, 4.69) is 4.98 Å². The lowest BCUT2D eigenvalue weighted by Gasteiger charge is -2.23. The molecule has 1 aromatic heterocycles. The zero-order valence-electron chi connectivity index (χ0n) is 17.4. The molecule has 164 valence electrons. The predicted octanol–water partition coefficient (Wildman–Crippen LogP) is 5.07. The number of thiazole rings is 1. The third kappa shape index (κ3) is 3.54. The summed E-state index contributed by atoms with van der Waals surface area (Å²) >= 11 is 1.10. The van der Waals surface area contributed by atoms with Gasteiger partial charge in [-0.15, -0.1) is 0 Å². The first kappa shape index (κ1) is 20.8. The van der Waals surface area contributed by atoms with Crippen molar-refractivity contribution in [3.05, 3.63) is 95.3 Å². The van der Waals surface area contributed by atoms with E-state index in [1.807, 2.05) is 0 Å². The fraction of sp³-hybridized carbons (Fsp3) is 0.0800. The summed E-state index contributed by atoms with van der Waals surface area (Å²) in [6.45, 7) is 0. The fourth-order valence-electron chi connectivity index (χ4n) is 3.90. The molecule has 0 spiro atoms. The van der Waals surface area contributed by atoms with Crippen molar-refractivity contribution in [1.29, 1.82) is 0 Å². The summed E-state index contributed by atoms with van der Waals surface area (Å²) in [5.74, 6) is -1.82. The molecule has 3 aromatic carbocycles. The van der Waals surface area contributed by atoms with Crippen molar-refractivity contribution >= 4 is 44.1 Å². The van der Waals surface area contributed by atoms with Crippen molar-refractivity contribution < 1.29 is 23.8 Å². The Labute approximate surface area is 192 Å². The fourth-order valence-corrected chi connectivity index (χ4v) is 4.91. The Morgan fingerprint density at radius 3 is 2.61 bits per heavy atom. The van der Waals surface area contributed by atoms with Crippen molar-refractivity contribution in [3.63, 3.8) is 0 Å². The topological polar surface area (TPSA) is 79.7 Å². The molecule has 33 heavy (non-hydrogen) atoms. The summed E-state index contributed by atoms with van der Waals surface area (Å²) in [5.41, 5.74) is 1.43. The molecule has 5 rings (SSSR count). The molecule has 1 fully saturated rings. The number of methoxy groups -OCH3 is 1. The van der Waals surface area contributed by atoms with Gasteiger partial charge in [-0.25, -0.2) is 9.37 Å². The van der Waals surface area contributed by atoms with Gasteiger partial charge in [0.2, 0.25) is 0 Å². The third-order valence-electron chi connectivity index (χ3n) is 5.45. The Hall–Kier alpha value is -4.04. The minimum Gasteiger partial charge on any atom is -0.507 e. The minimum atomic E-state index is -0.939. The predicted molar refractivity (Wildman–Crippen MR) is 124 cm³/mol. The first-order valence-corrected chi connectivity index (χ1v) is 10.9. The van der Waals surface area contributed by atoms with Gasteiger partial charge in [-0.2, -0.15) is 0 Å². The van der Waals surface area contributed by atoms with Crippen LogP contribution in [0.3, 0.4) is 0 Å². The van der Waals surface area contributed by atoms with Crippen LogP contribution in [0.25, 0.3) is 16.0 Å². The molecule has 0 aliphatic carbocycles. The molecule has 1 saturated heterocycles. The van der Waals surface area contributed by atoms with Crippen LogP contribution in [0.2, 0.25) is 0 Å². The summed E-state index contributed by atoms with van der Waals surface area (Å²) in [6.07, 6.45) is 0. The first-order chi connectivity index (χ1) is 16.0. The third-order valence-corrected chi connectivity index (χ3v) is 6.46. The van der Waals surface area contributed by atoms with Crippen molar-refractivity contribution in [2.45, 2.75) is 6.04 Å². The normalized spacial score (nSPS) is 17.6. The highest BCUT2D eigenvalue weighted by Crippen LogP contribution is 2.44. The number of halogens is 1. The Morgan fingerprint density at radius 1 is 1.06 bits per heavy atom. The number of amides is 1. The maximum atomic E-state index is 13.7. The number of aromatic nitrogens is 1. The second-order valence-corrected chi connectivity index (χ2v) is 8.43. The van der Waals surface area contributed by atoms with Gasteiger partial charge in [0, 0.05) is 5.56 Å². The molecule has 8 heteroatoms. The van der Waals surface area contributed by atoms with Crippen LogP contribution in [0.5, 0.6) is 5.75 Å². The molecule has 0 bridgehead atoms. The van der Waals surface area contributed by atoms with Gasteiger partial charge in [0.1, 0.15) is 17.3 Å². The first-order valence-electron chi connectivity index (χ1n) is 10.0. The molecule has 0 radical (unpaired) electrons. The molecule has 1 N–H and O–H groups in total. The molecule has 1 atom stereocenters. The minimum absolute atomic E-state index is 0.0510. The number of Topliss-reactive ketones (excluding diaryl/α,β-unsaturated/α-hetero) is 1. The number of carbonyl (C=O) groups excluding carboxylic acids is 2. The van der Waals surface area contributed by atoms with Crippen LogP contribution < -0.4 is 9.64 Å². The van der Waals surface area contributed by atoms with Crippen LogP contribution in [0.4, 0.5) is 9.52 Å². The van der Waals surface area contributed by atoms with Gasteiger partial charge in [-0.1, -0.05) is 53.8 Å². The molecule has 1 amide bonds. The molecule has 1 unspecified atom stereocenters. The number of carbonyl (C=O) groups is 2. The smallest absolute Gasteiger partial charge is 0.301 e. The van der Waals surface area contributed by atoms with Crippen molar-refractivity contribution in [3.8, 4) is 5.75 Å². The second kappa shape index (κ2) is 8.14. The summed E-state index contributed by atoms with van der Waals surface area (Å²) in [4.78, 5) is 32.1. The van der Waals surface area contributed by atoms with E-state index in [4.69, 9.17) is 4.74 Å².